The molecule has 24 heavy (non-hydrogen) atoms. The predicted octanol–water partition coefficient (Wildman–Crippen LogP) is 0.604. The van der Waals surface area contributed by atoms with Crippen molar-refractivity contribution in [3.63, 3.8) is 0 Å². The van der Waals surface area contributed by atoms with Crippen molar-refractivity contribution in [3.8, 4) is 23.6 Å². The zero-order valence-electron chi connectivity index (χ0n) is 12.5. The van der Waals surface area contributed by atoms with Crippen LogP contribution >= 0.6 is 0 Å². The molecule has 0 radical (unpaired) electrons. The molecule has 2 N–H and O–H groups in total. The molecule has 1 aromatic rings. The lowest BCUT2D eigenvalue weighted by atomic mass is 9.94. The Kier molecular flexibility index (Phi) is 2.26. The fourth-order valence-corrected chi connectivity index (χ4v) is 4.31. The summed E-state index contributed by atoms with van der Waals surface area (Å²) >= 11 is 0. The van der Waals surface area contributed by atoms with E-state index in [2.05, 4.69) is 17.1 Å². The molecule has 2 fully saturated rings. The number of fused-ring (bicyclic) bond motifs is 3. The smallest absolute Gasteiger partial charge is 0.293 e. The lowest BCUT2D eigenvalue weighted by molar-refractivity contribution is -0.184. The molecule has 4 aliphatic rings. The van der Waals surface area contributed by atoms with Gasteiger partial charge in [0.15, 0.2) is 16.9 Å². The van der Waals surface area contributed by atoms with Gasteiger partial charge >= 0.3 is 0 Å². The minimum atomic E-state index is -1.51. The first-order valence-corrected chi connectivity index (χ1v) is 7.51. The van der Waals surface area contributed by atoms with Gasteiger partial charge in [-0.15, -0.1) is 0 Å². The van der Waals surface area contributed by atoms with Crippen LogP contribution in [0.2, 0.25) is 0 Å². The highest BCUT2D eigenvalue weighted by atomic mass is 16.8. The van der Waals surface area contributed by atoms with Gasteiger partial charge in [0.25, 0.3) is 5.91 Å². The van der Waals surface area contributed by atoms with E-state index in [1.807, 2.05) is 6.07 Å². The van der Waals surface area contributed by atoms with E-state index >= 15 is 0 Å². The summed E-state index contributed by atoms with van der Waals surface area (Å²) in [5.74, 6) is -0.730. The first kappa shape index (κ1) is 13.6. The van der Waals surface area contributed by atoms with Crippen LogP contribution in [0.1, 0.15) is 11.5 Å². The van der Waals surface area contributed by atoms with Gasteiger partial charge in [-0.3, -0.25) is 0 Å². The molecule has 1 saturated carbocycles. The molecule has 0 bridgehead atoms. The Balaban J connectivity index is 1.70. The van der Waals surface area contributed by atoms with Crippen LogP contribution in [0.4, 0.5) is 0 Å². The molecular weight excluding hydrogens is 312 g/mol. The highest BCUT2D eigenvalue weighted by molar-refractivity contribution is 6.00. The molecule has 3 atom stereocenters. The molecular formula is C16H12N4O4. The van der Waals surface area contributed by atoms with Gasteiger partial charge in [-0.05, 0) is 17.7 Å². The SMILES string of the molecule is N#C[C@@]12[C@@H](c3ccc4c(c3)OCO4)[C@@]1(C#N)C(N)=NC21OCCO1. The first-order valence-electron chi connectivity index (χ1n) is 7.51. The first-order chi connectivity index (χ1) is 11.6. The predicted molar refractivity (Wildman–Crippen MR) is 77.7 cm³/mol. The topological polar surface area (TPSA) is 123 Å². The third-order valence-electron chi connectivity index (χ3n) is 5.34. The number of aliphatic imine (C=N–C) groups is 1. The maximum atomic E-state index is 9.99. The van der Waals surface area contributed by atoms with Crippen LogP contribution in [-0.4, -0.2) is 31.8 Å². The Morgan fingerprint density at radius 3 is 2.58 bits per heavy atom. The number of ether oxygens (including phenoxy) is 4. The number of hydrogen-bond acceptors (Lipinski definition) is 8. The van der Waals surface area contributed by atoms with Gasteiger partial charge in [-0.2, -0.15) is 10.5 Å². The van der Waals surface area contributed by atoms with Crippen molar-refractivity contribution in [2.75, 3.05) is 20.0 Å². The monoisotopic (exact) mass is 324 g/mol. The van der Waals surface area contributed by atoms with Crippen LogP contribution in [0.25, 0.3) is 0 Å². The van der Waals surface area contributed by atoms with E-state index in [1.54, 1.807) is 12.1 Å². The van der Waals surface area contributed by atoms with Crippen molar-refractivity contribution < 1.29 is 18.9 Å². The average molecular weight is 324 g/mol. The minimum absolute atomic E-state index is 0.0797. The highest BCUT2D eigenvalue weighted by Crippen LogP contribution is 2.82. The largest absolute Gasteiger partial charge is 0.454 e. The summed E-state index contributed by atoms with van der Waals surface area (Å²) in [7, 11) is 0. The number of nitriles is 2. The van der Waals surface area contributed by atoms with Gasteiger partial charge in [-0.1, -0.05) is 6.07 Å². The van der Waals surface area contributed by atoms with Gasteiger partial charge < -0.3 is 24.7 Å². The van der Waals surface area contributed by atoms with Crippen molar-refractivity contribution in [2.45, 2.75) is 11.8 Å². The maximum absolute atomic E-state index is 9.99. The number of rotatable bonds is 1. The summed E-state index contributed by atoms with van der Waals surface area (Å²) in [4.78, 5) is 4.23. The summed E-state index contributed by atoms with van der Waals surface area (Å²) in [6.07, 6.45) is 0. The zero-order valence-corrected chi connectivity index (χ0v) is 12.5. The van der Waals surface area contributed by atoms with Crippen LogP contribution in [0.5, 0.6) is 11.5 Å². The number of hydrogen-bond donors (Lipinski definition) is 1. The minimum Gasteiger partial charge on any atom is -0.454 e. The van der Waals surface area contributed by atoms with Crippen molar-refractivity contribution in [3.05, 3.63) is 23.8 Å². The molecule has 1 spiro atoms. The van der Waals surface area contributed by atoms with Gasteiger partial charge in [0.05, 0.1) is 25.4 Å². The molecule has 8 heteroatoms. The van der Waals surface area contributed by atoms with Crippen LogP contribution in [0.15, 0.2) is 23.2 Å². The summed E-state index contributed by atoms with van der Waals surface area (Å²) in [6, 6.07) is 9.81. The van der Waals surface area contributed by atoms with Gasteiger partial charge in [0.1, 0.15) is 11.3 Å². The van der Waals surface area contributed by atoms with E-state index in [1.165, 1.54) is 0 Å². The van der Waals surface area contributed by atoms with Gasteiger partial charge in [0.2, 0.25) is 6.79 Å². The van der Waals surface area contributed by atoms with Crippen molar-refractivity contribution in [1.82, 2.24) is 0 Å². The summed E-state index contributed by atoms with van der Waals surface area (Å²) in [5, 5.41) is 19.9. The highest BCUT2D eigenvalue weighted by Gasteiger charge is 2.94. The van der Waals surface area contributed by atoms with Gasteiger partial charge in [-0.25, -0.2) is 4.99 Å². The van der Waals surface area contributed by atoms with Crippen LogP contribution in [-0.2, 0) is 9.47 Å². The third kappa shape index (κ3) is 1.15. The number of amidine groups is 1. The average Bonchev–Trinajstić information content (AvgIpc) is 2.99. The summed E-state index contributed by atoms with van der Waals surface area (Å²) in [5.41, 5.74) is 4.26. The lowest BCUT2D eigenvalue weighted by Crippen LogP contribution is -2.38. The van der Waals surface area contributed by atoms with Crippen LogP contribution in [0.3, 0.4) is 0 Å². The molecule has 3 aliphatic heterocycles. The van der Waals surface area contributed by atoms with E-state index in [-0.39, 0.29) is 12.6 Å². The lowest BCUT2D eigenvalue weighted by Gasteiger charge is -2.25. The Labute approximate surface area is 137 Å². The molecule has 8 nitrogen and oxygen atoms in total. The number of benzene rings is 1. The van der Waals surface area contributed by atoms with Crippen molar-refractivity contribution in [2.24, 2.45) is 21.6 Å². The van der Waals surface area contributed by atoms with Crippen LogP contribution < -0.4 is 15.2 Å². The molecule has 120 valence electrons. The summed E-state index contributed by atoms with van der Waals surface area (Å²) < 4.78 is 22.1. The molecule has 0 amide bonds. The molecule has 3 heterocycles. The van der Waals surface area contributed by atoms with E-state index < -0.39 is 22.7 Å². The van der Waals surface area contributed by atoms with Crippen LogP contribution in [0, 0.1) is 33.5 Å². The Bertz CT molecular complexity index is 879. The fourth-order valence-electron chi connectivity index (χ4n) is 4.31. The molecule has 1 saturated heterocycles. The second-order valence-corrected chi connectivity index (χ2v) is 6.16. The van der Waals surface area contributed by atoms with E-state index in [0.29, 0.717) is 24.7 Å². The zero-order chi connectivity index (χ0) is 16.6. The van der Waals surface area contributed by atoms with E-state index in [4.69, 9.17) is 24.7 Å². The van der Waals surface area contributed by atoms with E-state index in [0.717, 1.165) is 5.56 Å². The molecule has 0 aromatic heterocycles. The number of nitrogens with zero attached hydrogens (tertiary/aromatic N) is 3. The normalized spacial score (nSPS) is 36.8. The molecule has 5 rings (SSSR count). The quantitative estimate of drug-likeness (QED) is 0.802. The molecule has 0 unspecified atom stereocenters. The Hall–Kier alpha value is -2.81. The second-order valence-electron chi connectivity index (χ2n) is 6.16. The Morgan fingerprint density at radius 2 is 1.88 bits per heavy atom. The maximum Gasteiger partial charge on any atom is 0.293 e. The third-order valence-corrected chi connectivity index (χ3v) is 5.34. The fraction of sp³-hybridized carbons (Fsp3) is 0.438. The molecule has 1 aliphatic carbocycles. The van der Waals surface area contributed by atoms with Crippen molar-refractivity contribution >= 4 is 5.84 Å². The summed E-state index contributed by atoms with van der Waals surface area (Å²) in [6.45, 7) is 0.751. The second kappa shape index (κ2) is 3.99. The Morgan fingerprint density at radius 1 is 1.12 bits per heavy atom. The van der Waals surface area contributed by atoms with Gasteiger partial charge in [0, 0.05) is 5.92 Å². The molecule has 1 aromatic carbocycles. The standard InChI is InChI=1S/C16H12N4O4/c17-6-14-12(9-1-2-10-11(5-9)22-8-21-10)15(14,7-18)16(20-13(14)19)23-3-4-24-16/h1-2,5,12H,3-4,8H2,(H2,19,20)/t12-,14-,15+/m0/s1. The van der Waals surface area contributed by atoms with Crippen molar-refractivity contribution in [1.29, 1.82) is 10.5 Å². The number of nitrogens with two attached hydrogens (primary N) is 1. The van der Waals surface area contributed by atoms with E-state index in [9.17, 15) is 10.5 Å².